The van der Waals surface area contributed by atoms with Gasteiger partial charge in [-0.3, -0.25) is 0 Å². The summed E-state index contributed by atoms with van der Waals surface area (Å²) in [6, 6.07) is 5.77. The Morgan fingerprint density at radius 2 is 1.83 bits per heavy atom. The fraction of sp³-hybridized carbons (Fsp3) is 0.600. The molecule has 0 aromatic heterocycles. The van der Waals surface area contributed by atoms with Gasteiger partial charge in [-0.15, -0.1) is 0 Å². The topological polar surface area (TPSA) is 47.3 Å². The molecule has 0 heterocycles. The lowest BCUT2D eigenvalue weighted by atomic mass is 10.0. The molecule has 1 saturated carbocycles. The van der Waals surface area contributed by atoms with E-state index in [1.165, 1.54) is 0 Å². The zero-order chi connectivity index (χ0) is 13.6. The van der Waals surface area contributed by atoms with Crippen molar-refractivity contribution in [2.75, 3.05) is 24.7 Å². The lowest BCUT2D eigenvalue weighted by molar-refractivity contribution is 0.415. The van der Waals surface area contributed by atoms with Gasteiger partial charge in [-0.2, -0.15) is 0 Å². The summed E-state index contributed by atoms with van der Waals surface area (Å²) in [5, 5.41) is 3.46. The number of nitrogens with two attached hydrogens (primary N) is 1. The second kappa shape index (κ2) is 4.08. The lowest BCUT2D eigenvalue weighted by Gasteiger charge is -2.11. The average molecular weight is 248 g/mol. The van der Waals surface area contributed by atoms with Gasteiger partial charge in [-0.05, 0) is 28.9 Å². The number of hydrogen-bond acceptors (Lipinski definition) is 3. The lowest BCUT2D eigenvalue weighted by Crippen LogP contribution is -2.09. The van der Waals surface area contributed by atoms with Crippen LogP contribution >= 0.6 is 0 Å². The molecule has 18 heavy (non-hydrogen) atoms. The third-order valence-corrected chi connectivity index (χ3v) is 5.08. The summed E-state index contributed by atoms with van der Waals surface area (Å²) < 4.78 is 5.15. The van der Waals surface area contributed by atoms with E-state index in [-0.39, 0.29) is 0 Å². The van der Waals surface area contributed by atoms with Crippen LogP contribution in [0.2, 0.25) is 0 Å². The molecule has 3 nitrogen and oxygen atoms in total. The molecule has 0 aliphatic heterocycles. The fourth-order valence-electron chi connectivity index (χ4n) is 2.88. The van der Waals surface area contributed by atoms with Gasteiger partial charge >= 0.3 is 0 Å². The SMILES string of the molecule is COc1ccc(NCC2C(C)(C)C2(C)C)c(N)c1. The molecule has 0 radical (unpaired) electrons. The molecular weight excluding hydrogens is 224 g/mol. The van der Waals surface area contributed by atoms with Crippen LogP contribution in [0.25, 0.3) is 0 Å². The van der Waals surface area contributed by atoms with Gasteiger partial charge in [0.15, 0.2) is 0 Å². The molecule has 1 fully saturated rings. The Hall–Kier alpha value is -1.38. The second-order valence-corrected chi connectivity index (χ2v) is 6.33. The van der Waals surface area contributed by atoms with Crippen molar-refractivity contribution in [2.24, 2.45) is 16.7 Å². The second-order valence-electron chi connectivity index (χ2n) is 6.33. The highest BCUT2D eigenvalue weighted by Crippen LogP contribution is 2.68. The van der Waals surface area contributed by atoms with Gasteiger partial charge < -0.3 is 15.8 Å². The van der Waals surface area contributed by atoms with Gasteiger partial charge in [0.05, 0.1) is 18.5 Å². The molecule has 0 amide bonds. The van der Waals surface area contributed by atoms with Crippen molar-refractivity contribution in [1.82, 2.24) is 0 Å². The van der Waals surface area contributed by atoms with E-state index in [1.807, 2.05) is 18.2 Å². The average Bonchev–Trinajstić information content (AvgIpc) is 2.68. The standard InChI is InChI=1S/C15H24N2O/c1-14(2)13(15(14,3)4)9-17-12-7-6-10(18-5)8-11(12)16/h6-8,13,17H,9,16H2,1-5H3. The molecule has 1 aliphatic carbocycles. The van der Waals surface area contributed by atoms with Gasteiger partial charge in [-0.25, -0.2) is 0 Å². The molecule has 0 atom stereocenters. The van der Waals surface area contributed by atoms with Crippen LogP contribution in [0.5, 0.6) is 5.75 Å². The minimum atomic E-state index is 0.404. The van der Waals surface area contributed by atoms with E-state index in [1.54, 1.807) is 7.11 Å². The number of rotatable bonds is 4. The molecule has 1 aromatic carbocycles. The van der Waals surface area contributed by atoms with Crippen LogP contribution in [0.3, 0.4) is 0 Å². The molecule has 2 rings (SSSR count). The summed E-state index contributed by atoms with van der Waals surface area (Å²) in [4.78, 5) is 0. The Bertz CT molecular complexity index is 438. The monoisotopic (exact) mass is 248 g/mol. The van der Waals surface area contributed by atoms with E-state index >= 15 is 0 Å². The van der Waals surface area contributed by atoms with E-state index in [9.17, 15) is 0 Å². The first-order valence-corrected chi connectivity index (χ1v) is 6.48. The first kappa shape index (κ1) is 13.1. The van der Waals surface area contributed by atoms with Crippen LogP contribution < -0.4 is 15.8 Å². The van der Waals surface area contributed by atoms with Crippen LogP contribution in [0.1, 0.15) is 27.7 Å². The van der Waals surface area contributed by atoms with E-state index in [2.05, 4.69) is 33.0 Å². The highest BCUT2D eigenvalue weighted by Gasteiger charge is 2.63. The van der Waals surface area contributed by atoms with Crippen LogP contribution in [0.4, 0.5) is 11.4 Å². The summed E-state index contributed by atoms with van der Waals surface area (Å²) in [5.41, 5.74) is 8.54. The van der Waals surface area contributed by atoms with E-state index < -0.39 is 0 Å². The van der Waals surface area contributed by atoms with Crippen molar-refractivity contribution in [3.05, 3.63) is 18.2 Å². The summed E-state index contributed by atoms with van der Waals surface area (Å²) in [7, 11) is 1.65. The highest BCUT2D eigenvalue weighted by atomic mass is 16.5. The van der Waals surface area contributed by atoms with E-state index in [0.29, 0.717) is 16.7 Å². The first-order chi connectivity index (χ1) is 8.30. The number of nitrogens with one attached hydrogen (secondary N) is 1. The zero-order valence-corrected chi connectivity index (χ0v) is 12.0. The van der Waals surface area contributed by atoms with Gasteiger partial charge in [0.25, 0.3) is 0 Å². The van der Waals surface area contributed by atoms with Crippen molar-refractivity contribution >= 4 is 11.4 Å². The normalized spacial score (nSPS) is 20.5. The quantitative estimate of drug-likeness (QED) is 0.803. The van der Waals surface area contributed by atoms with Crippen molar-refractivity contribution in [3.8, 4) is 5.75 Å². The van der Waals surface area contributed by atoms with Crippen molar-refractivity contribution in [2.45, 2.75) is 27.7 Å². The predicted octanol–water partition coefficient (Wildman–Crippen LogP) is 3.37. The first-order valence-electron chi connectivity index (χ1n) is 6.48. The molecule has 0 unspecified atom stereocenters. The Morgan fingerprint density at radius 1 is 1.22 bits per heavy atom. The van der Waals surface area contributed by atoms with Gasteiger partial charge in [0.2, 0.25) is 0 Å². The number of nitrogen functional groups attached to an aromatic ring is 1. The smallest absolute Gasteiger partial charge is 0.121 e. The van der Waals surface area contributed by atoms with Crippen molar-refractivity contribution in [1.29, 1.82) is 0 Å². The summed E-state index contributed by atoms with van der Waals surface area (Å²) in [6.45, 7) is 10.3. The third kappa shape index (κ3) is 1.92. The fourth-order valence-corrected chi connectivity index (χ4v) is 2.88. The number of benzene rings is 1. The predicted molar refractivity (Wildman–Crippen MR) is 76.9 cm³/mol. The van der Waals surface area contributed by atoms with E-state index in [0.717, 1.165) is 23.7 Å². The van der Waals surface area contributed by atoms with Crippen LogP contribution in [0, 0.1) is 16.7 Å². The Kier molecular flexibility index (Phi) is 2.96. The van der Waals surface area contributed by atoms with E-state index in [4.69, 9.17) is 10.5 Å². The molecule has 0 saturated heterocycles. The highest BCUT2D eigenvalue weighted by molar-refractivity contribution is 5.68. The third-order valence-electron chi connectivity index (χ3n) is 5.08. The minimum absolute atomic E-state index is 0.404. The number of anilines is 2. The maximum Gasteiger partial charge on any atom is 0.121 e. The van der Waals surface area contributed by atoms with Crippen molar-refractivity contribution < 1.29 is 4.74 Å². The molecule has 3 heteroatoms. The zero-order valence-electron chi connectivity index (χ0n) is 12.0. The number of methoxy groups -OCH3 is 1. The van der Waals surface area contributed by atoms with Crippen LogP contribution in [-0.2, 0) is 0 Å². The Labute approximate surface area is 110 Å². The van der Waals surface area contributed by atoms with Gasteiger partial charge in [-0.1, -0.05) is 27.7 Å². The van der Waals surface area contributed by atoms with Crippen molar-refractivity contribution in [3.63, 3.8) is 0 Å². The maximum atomic E-state index is 6.00. The van der Waals surface area contributed by atoms with Crippen LogP contribution in [-0.4, -0.2) is 13.7 Å². The molecular formula is C15H24N2O. The maximum absolute atomic E-state index is 6.00. The molecule has 0 bridgehead atoms. The summed E-state index contributed by atoms with van der Waals surface area (Å²) in [6.07, 6.45) is 0. The molecule has 1 aliphatic rings. The van der Waals surface area contributed by atoms with Crippen LogP contribution in [0.15, 0.2) is 18.2 Å². The Morgan fingerprint density at radius 3 is 2.28 bits per heavy atom. The molecule has 1 aromatic rings. The largest absolute Gasteiger partial charge is 0.497 e. The van der Waals surface area contributed by atoms with Gasteiger partial charge in [0.1, 0.15) is 5.75 Å². The summed E-state index contributed by atoms with van der Waals surface area (Å²) in [5.74, 6) is 1.48. The number of hydrogen-bond donors (Lipinski definition) is 2. The minimum Gasteiger partial charge on any atom is -0.497 e. The number of ether oxygens (including phenoxy) is 1. The molecule has 0 spiro atoms. The van der Waals surface area contributed by atoms with Gasteiger partial charge in [0, 0.05) is 12.6 Å². The molecule has 3 N–H and O–H groups in total. The summed E-state index contributed by atoms with van der Waals surface area (Å²) >= 11 is 0. The Balaban J connectivity index is 2.00. The molecule has 100 valence electrons.